The zero-order valence-corrected chi connectivity index (χ0v) is 11.0. The summed E-state index contributed by atoms with van der Waals surface area (Å²) in [7, 11) is 0. The molecule has 2 atom stereocenters. The normalized spacial score (nSPS) is 23.0. The summed E-state index contributed by atoms with van der Waals surface area (Å²) in [6.45, 7) is 0. The summed E-state index contributed by atoms with van der Waals surface area (Å²) in [5, 5.41) is 12.7. The first-order chi connectivity index (χ1) is 8.60. The maximum Gasteiger partial charge on any atom is 0.338 e. The second kappa shape index (κ2) is 5.61. The highest BCUT2D eigenvalue weighted by Gasteiger charge is 2.23. The second-order valence-corrected chi connectivity index (χ2v) is 5.65. The van der Waals surface area contributed by atoms with Gasteiger partial charge in [0.25, 0.3) is 0 Å². The fourth-order valence-corrected chi connectivity index (χ4v) is 3.10. The Bertz CT molecular complexity index is 453. The van der Waals surface area contributed by atoms with Gasteiger partial charge in [0.15, 0.2) is 0 Å². The molecule has 2 N–H and O–H groups in total. The molecule has 0 amide bonds. The van der Waals surface area contributed by atoms with Crippen LogP contribution in [-0.2, 0) is 0 Å². The fraction of sp³-hybridized carbons (Fsp3) is 0.462. The Kier molecular flexibility index (Phi) is 4.11. The Balaban J connectivity index is 2.02. The van der Waals surface area contributed by atoms with Crippen molar-refractivity contribution in [3.8, 4) is 0 Å². The molecule has 3 nitrogen and oxygen atoms in total. The Hall–Kier alpha value is -1.23. The van der Waals surface area contributed by atoms with Gasteiger partial charge in [-0.05, 0) is 43.7 Å². The number of thioether (sulfide) groups is 1. The molecule has 18 heavy (non-hydrogen) atoms. The lowest BCUT2D eigenvalue weighted by Gasteiger charge is -2.14. The molecule has 1 saturated carbocycles. The molecule has 1 aromatic rings. The number of anilines is 1. The molecule has 0 heterocycles. The molecule has 0 radical (unpaired) electrons. The van der Waals surface area contributed by atoms with E-state index in [1.54, 1.807) is 6.07 Å². The van der Waals surface area contributed by atoms with E-state index in [9.17, 15) is 9.18 Å². The molecule has 0 aromatic heterocycles. The van der Waals surface area contributed by atoms with E-state index in [1.165, 1.54) is 18.6 Å². The number of hydrogen-bond donors (Lipinski definition) is 2. The number of rotatable bonds is 4. The van der Waals surface area contributed by atoms with Gasteiger partial charge in [-0.3, -0.25) is 0 Å². The molecular weight excluding hydrogens is 253 g/mol. The van der Waals surface area contributed by atoms with Gasteiger partial charge in [0.05, 0.1) is 5.56 Å². The molecule has 0 bridgehead atoms. The average Bonchev–Trinajstić information content (AvgIpc) is 2.76. The minimum atomic E-state index is -1.23. The highest BCUT2D eigenvalue weighted by molar-refractivity contribution is 7.99. The number of hydrogen-bond acceptors (Lipinski definition) is 3. The van der Waals surface area contributed by atoms with Crippen molar-refractivity contribution in [1.29, 1.82) is 0 Å². The molecule has 1 aliphatic rings. The Labute approximate surface area is 110 Å². The van der Waals surface area contributed by atoms with Gasteiger partial charge in [-0.1, -0.05) is 0 Å². The molecule has 5 heteroatoms. The average molecular weight is 269 g/mol. The van der Waals surface area contributed by atoms with Gasteiger partial charge < -0.3 is 10.4 Å². The zero-order chi connectivity index (χ0) is 13.1. The first-order valence-corrected chi connectivity index (χ1v) is 7.21. The molecule has 1 aromatic carbocycles. The number of carboxylic acids is 1. The highest BCUT2D eigenvalue weighted by atomic mass is 32.2. The number of carbonyl (C=O) groups is 1. The van der Waals surface area contributed by atoms with Gasteiger partial charge in [-0.25, -0.2) is 9.18 Å². The van der Waals surface area contributed by atoms with Crippen LogP contribution < -0.4 is 5.32 Å². The zero-order valence-electron chi connectivity index (χ0n) is 10.1. The van der Waals surface area contributed by atoms with E-state index in [4.69, 9.17) is 5.11 Å². The fourth-order valence-electron chi connectivity index (χ4n) is 2.30. The smallest absolute Gasteiger partial charge is 0.338 e. The largest absolute Gasteiger partial charge is 0.478 e. The van der Waals surface area contributed by atoms with Crippen molar-refractivity contribution in [2.24, 2.45) is 0 Å². The SMILES string of the molecule is CSC1CCC(Nc2ccc(C(=O)O)c(F)c2)C1. The van der Waals surface area contributed by atoms with Crippen molar-refractivity contribution in [3.63, 3.8) is 0 Å². The first kappa shape index (κ1) is 13.2. The van der Waals surface area contributed by atoms with E-state index in [0.29, 0.717) is 17.0 Å². The van der Waals surface area contributed by atoms with E-state index < -0.39 is 11.8 Å². The first-order valence-electron chi connectivity index (χ1n) is 5.92. The van der Waals surface area contributed by atoms with Gasteiger partial charge in [-0.15, -0.1) is 0 Å². The predicted molar refractivity (Wildman–Crippen MR) is 71.9 cm³/mol. The lowest BCUT2D eigenvalue weighted by molar-refractivity contribution is 0.0692. The van der Waals surface area contributed by atoms with Crippen LogP contribution in [0.2, 0.25) is 0 Å². The standard InChI is InChI=1S/C13H16FNO2S/c1-18-10-4-2-8(6-10)15-9-3-5-11(13(16)17)12(14)7-9/h3,5,7-8,10,15H,2,4,6H2,1H3,(H,16,17). The van der Waals surface area contributed by atoms with Crippen LogP contribution in [0.1, 0.15) is 29.6 Å². The van der Waals surface area contributed by atoms with E-state index in [0.717, 1.165) is 12.8 Å². The third-order valence-electron chi connectivity index (χ3n) is 3.29. The van der Waals surface area contributed by atoms with Crippen LogP contribution in [0.15, 0.2) is 18.2 Å². The molecule has 2 unspecified atom stereocenters. The number of nitrogens with one attached hydrogen (secondary N) is 1. The number of aromatic carboxylic acids is 1. The molecular formula is C13H16FNO2S. The van der Waals surface area contributed by atoms with Crippen LogP contribution >= 0.6 is 11.8 Å². The van der Waals surface area contributed by atoms with E-state index in [1.807, 2.05) is 11.8 Å². The lowest BCUT2D eigenvalue weighted by atomic mass is 10.1. The minimum Gasteiger partial charge on any atom is -0.478 e. The second-order valence-electron chi connectivity index (χ2n) is 4.51. The monoisotopic (exact) mass is 269 g/mol. The Morgan fingerprint density at radius 2 is 2.28 bits per heavy atom. The molecule has 1 fully saturated rings. The molecule has 0 saturated heterocycles. The third kappa shape index (κ3) is 2.96. The molecule has 1 aliphatic carbocycles. The van der Waals surface area contributed by atoms with Crippen LogP contribution in [-0.4, -0.2) is 28.6 Å². The summed E-state index contributed by atoms with van der Waals surface area (Å²) >= 11 is 1.86. The van der Waals surface area contributed by atoms with Crippen LogP contribution in [0, 0.1) is 5.82 Å². The van der Waals surface area contributed by atoms with Crippen molar-refractivity contribution in [2.75, 3.05) is 11.6 Å². The minimum absolute atomic E-state index is 0.283. The summed E-state index contributed by atoms with van der Waals surface area (Å²) in [6, 6.07) is 4.55. The van der Waals surface area contributed by atoms with E-state index in [2.05, 4.69) is 11.6 Å². The maximum atomic E-state index is 13.5. The number of halogens is 1. The molecule has 98 valence electrons. The van der Waals surface area contributed by atoms with Crippen molar-refractivity contribution in [3.05, 3.63) is 29.6 Å². The van der Waals surface area contributed by atoms with Crippen molar-refractivity contribution >= 4 is 23.4 Å². The van der Waals surface area contributed by atoms with Crippen molar-refractivity contribution in [2.45, 2.75) is 30.6 Å². The number of benzene rings is 1. The maximum absolute atomic E-state index is 13.5. The summed E-state index contributed by atoms with van der Waals surface area (Å²) < 4.78 is 13.5. The van der Waals surface area contributed by atoms with Crippen LogP contribution in [0.5, 0.6) is 0 Å². The van der Waals surface area contributed by atoms with E-state index in [-0.39, 0.29) is 5.56 Å². The van der Waals surface area contributed by atoms with Gasteiger partial charge in [0, 0.05) is 17.0 Å². The molecule has 0 spiro atoms. The summed E-state index contributed by atoms with van der Waals surface area (Å²) in [6.07, 6.45) is 5.43. The molecule has 0 aliphatic heterocycles. The van der Waals surface area contributed by atoms with Gasteiger partial charge in [-0.2, -0.15) is 11.8 Å². The Morgan fingerprint density at radius 3 is 2.83 bits per heavy atom. The lowest BCUT2D eigenvalue weighted by Crippen LogP contribution is -2.16. The van der Waals surface area contributed by atoms with Crippen molar-refractivity contribution in [1.82, 2.24) is 0 Å². The summed E-state index contributed by atoms with van der Waals surface area (Å²) in [4.78, 5) is 10.7. The van der Waals surface area contributed by atoms with Gasteiger partial charge >= 0.3 is 5.97 Å². The van der Waals surface area contributed by atoms with Gasteiger partial charge in [0.2, 0.25) is 0 Å². The Morgan fingerprint density at radius 1 is 1.50 bits per heavy atom. The summed E-state index contributed by atoms with van der Waals surface area (Å²) in [5.74, 6) is -1.92. The highest BCUT2D eigenvalue weighted by Crippen LogP contribution is 2.30. The third-order valence-corrected chi connectivity index (χ3v) is 4.38. The van der Waals surface area contributed by atoms with Crippen LogP contribution in [0.4, 0.5) is 10.1 Å². The van der Waals surface area contributed by atoms with Gasteiger partial charge in [0.1, 0.15) is 5.82 Å². The summed E-state index contributed by atoms with van der Waals surface area (Å²) in [5.41, 5.74) is 0.373. The number of carboxylic acid groups (broad SMARTS) is 1. The quantitative estimate of drug-likeness (QED) is 0.881. The topological polar surface area (TPSA) is 49.3 Å². The van der Waals surface area contributed by atoms with E-state index >= 15 is 0 Å². The van der Waals surface area contributed by atoms with Crippen molar-refractivity contribution < 1.29 is 14.3 Å². The molecule has 2 rings (SSSR count). The van der Waals surface area contributed by atoms with Crippen LogP contribution in [0.3, 0.4) is 0 Å². The van der Waals surface area contributed by atoms with Crippen LogP contribution in [0.25, 0.3) is 0 Å². The predicted octanol–water partition coefficient (Wildman–Crippen LogP) is 3.22.